The number of rotatable bonds is 5. The van der Waals surface area contributed by atoms with E-state index in [-0.39, 0.29) is 0 Å². The van der Waals surface area contributed by atoms with Crippen LogP contribution in [0.5, 0.6) is 0 Å². The van der Waals surface area contributed by atoms with Crippen molar-refractivity contribution in [1.82, 2.24) is 9.97 Å². The molecule has 0 fully saturated rings. The highest BCUT2D eigenvalue weighted by atomic mass is 79.9. The first-order chi connectivity index (χ1) is 21.8. The van der Waals surface area contributed by atoms with Gasteiger partial charge in [0.1, 0.15) is 36.1 Å². The summed E-state index contributed by atoms with van der Waals surface area (Å²) in [7, 11) is 0.906. The Hall–Kier alpha value is -3.83. The van der Waals surface area contributed by atoms with Gasteiger partial charge < -0.3 is 0 Å². The van der Waals surface area contributed by atoms with Crippen molar-refractivity contribution >= 4 is 55.0 Å². The molecule has 6 rings (SSSR count). The lowest BCUT2D eigenvalue weighted by atomic mass is 9.90. The molecule has 0 saturated carbocycles. The average Bonchev–Trinajstić information content (AvgIpc) is 3.06. The number of aryl methyl sites for hydroxylation is 2. The van der Waals surface area contributed by atoms with Gasteiger partial charge in [-0.1, -0.05) is 45.2 Å². The molecule has 2 aliphatic rings. The van der Waals surface area contributed by atoms with Gasteiger partial charge in [-0.3, -0.25) is 33.5 Å². The fourth-order valence-corrected chi connectivity index (χ4v) is 6.01. The molecule has 4 heterocycles. The first-order valence-electron chi connectivity index (χ1n) is 14.5. The molecular formula is C33H33Br2FN4O4+2. The van der Waals surface area contributed by atoms with E-state index < -0.39 is 30.3 Å². The van der Waals surface area contributed by atoms with Crippen LogP contribution in [0.2, 0.25) is 0 Å². The standard InChI is InChI=1S/C17H18N2O2.C12H6N2O2.C3H6Br2.CH3F/c1-3-4-10-19-11-6-8-13-15(19)14-12(16(20)17(13)21)7-5-9-18(14)2;15-11-7-3-1-5-13-9(7)10-8(12(11)16)4-2-6-14-10;4-2-1-3-5;1-2/h5-9,11H,3-4,10H2,1-2H3;1-6H;1-3H2;1H3/q+2;;;/i;;;1D. The molecule has 8 nitrogen and oxygen atoms in total. The van der Waals surface area contributed by atoms with Crippen LogP contribution in [0.25, 0.3) is 22.8 Å². The fraction of sp³-hybridized carbons (Fsp3) is 0.273. The number of hydrogen-bond donors (Lipinski definition) is 0. The summed E-state index contributed by atoms with van der Waals surface area (Å²) in [5.41, 5.74) is 4.33. The highest BCUT2D eigenvalue weighted by Gasteiger charge is 2.42. The largest absolute Gasteiger partial charge is 0.289 e. The zero-order valence-electron chi connectivity index (χ0n) is 25.4. The number of hydrogen-bond acceptors (Lipinski definition) is 6. The van der Waals surface area contributed by atoms with Crippen LogP contribution in [0.3, 0.4) is 0 Å². The molecular weight excluding hydrogens is 695 g/mol. The number of fused-ring (bicyclic) bond motifs is 6. The smallest absolute Gasteiger partial charge is 0.285 e. The highest BCUT2D eigenvalue weighted by Crippen LogP contribution is 2.29. The van der Waals surface area contributed by atoms with Crippen molar-refractivity contribution in [3.63, 3.8) is 0 Å². The normalized spacial score (nSPS) is 12.4. The molecule has 0 N–H and O–H groups in total. The Balaban J connectivity index is 0.000000203. The Morgan fingerprint density at radius 2 is 1.18 bits per heavy atom. The summed E-state index contributed by atoms with van der Waals surface area (Å²) in [5, 5.41) is 2.22. The minimum absolute atomic E-state index is 0.332. The highest BCUT2D eigenvalue weighted by molar-refractivity contribution is 9.09. The fourth-order valence-electron chi connectivity index (χ4n) is 4.70. The van der Waals surface area contributed by atoms with Gasteiger partial charge in [-0.05, 0) is 42.8 Å². The summed E-state index contributed by atoms with van der Waals surface area (Å²) < 4.78 is 19.5. The second-order valence-electron chi connectivity index (χ2n) is 9.55. The number of Topliss-reactive ketones (excluding diaryl/α,β-unsaturated/α-hetero) is 4. The molecule has 4 aromatic rings. The predicted molar refractivity (Wildman–Crippen MR) is 172 cm³/mol. The van der Waals surface area contributed by atoms with Crippen molar-refractivity contribution in [3.05, 3.63) is 95.6 Å². The van der Waals surface area contributed by atoms with E-state index >= 15 is 0 Å². The second-order valence-corrected chi connectivity index (χ2v) is 11.1. The maximum absolute atomic E-state index is 12.3. The van der Waals surface area contributed by atoms with E-state index in [1.54, 1.807) is 54.9 Å². The third-order valence-corrected chi connectivity index (χ3v) is 7.85. The van der Waals surface area contributed by atoms with Crippen LogP contribution < -0.4 is 9.13 Å². The van der Waals surface area contributed by atoms with Crippen molar-refractivity contribution in [1.29, 1.82) is 0 Å². The van der Waals surface area contributed by atoms with Crippen molar-refractivity contribution in [2.75, 3.05) is 17.8 Å². The Morgan fingerprint density at radius 3 is 1.66 bits per heavy atom. The lowest BCUT2D eigenvalue weighted by molar-refractivity contribution is -0.705. The second kappa shape index (κ2) is 16.9. The molecule has 0 saturated heterocycles. The lowest BCUT2D eigenvalue weighted by Gasteiger charge is -2.14. The minimum atomic E-state index is -1.00. The number of halogens is 3. The Morgan fingerprint density at radius 1 is 0.727 bits per heavy atom. The molecule has 0 amide bonds. The van der Waals surface area contributed by atoms with Gasteiger partial charge in [-0.25, -0.2) is 0 Å². The van der Waals surface area contributed by atoms with Gasteiger partial charge in [0.15, 0.2) is 12.4 Å². The maximum Gasteiger partial charge on any atom is 0.289 e. The van der Waals surface area contributed by atoms with Crippen LogP contribution in [-0.4, -0.2) is 50.9 Å². The van der Waals surface area contributed by atoms with Crippen molar-refractivity contribution < 1.29 is 34.1 Å². The quantitative estimate of drug-likeness (QED) is 0.144. The van der Waals surface area contributed by atoms with Crippen molar-refractivity contribution in [2.24, 2.45) is 7.05 Å². The average molecular weight is 729 g/mol. The number of unbranched alkanes of at least 4 members (excludes halogenated alkanes) is 1. The summed E-state index contributed by atoms with van der Waals surface area (Å²) in [6.45, 7) is 2.98. The van der Waals surface area contributed by atoms with Crippen molar-refractivity contribution in [2.45, 2.75) is 32.7 Å². The lowest BCUT2D eigenvalue weighted by Crippen LogP contribution is -2.46. The number of carbonyl (C=O) groups is 4. The number of ketones is 4. The van der Waals surface area contributed by atoms with Crippen LogP contribution in [0, 0.1) is 0 Å². The molecule has 0 aliphatic heterocycles. The van der Waals surface area contributed by atoms with E-state index in [0.29, 0.717) is 33.6 Å². The molecule has 0 aromatic carbocycles. The minimum Gasteiger partial charge on any atom is -0.285 e. The van der Waals surface area contributed by atoms with Crippen LogP contribution in [0.15, 0.2) is 73.3 Å². The van der Waals surface area contributed by atoms with Gasteiger partial charge in [0.2, 0.25) is 23.1 Å². The molecule has 4 aromatic heterocycles. The van der Waals surface area contributed by atoms with Crippen LogP contribution in [0.1, 0.15) is 69.0 Å². The number of alkyl halides is 3. The summed E-state index contributed by atoms with van der Waals surface area (Å²) in [5.74, 6) is -1.84. The van der Waals surface area contributed by atoms with Gasteiger partial charge in [0.25, 0.3) is 11.4 Å². The third kappa shape index (κ3) is 7.44. The third-order valence-electron chi connectivity index (χ3n) is 6.73. The monoisotopic (exact) mass is 727 g/mol. The van der Waals surface area contributed by atoms with E-state index in [1.807, 2.05) is 30.1 Å². The van der Waals surface area contributed by atoms with Crippen molar-refractivity contribution in [3.8, 4) is 22.8 Å². The summed E-state index contributed by atoms with van der Waals surface area (Å²) in [6, 6.07) is 13.6. The molecule has 44 heavy (non-hydrogen) atoms. The number of carbonyl (C=O) groups excluding carboxylic acids is 4. The van der Waals surface area contributed by atoms with Gasteiger partial charge in [0.05, 0.1) is 19.7 Å². The van der Waals surface area contributed by atoms with E-state index in [0.717, 1.165) is 41.4 Å². The Labute approximate surface area is 274 Å². The van der Waals surface area contributed by atoms with Gasteiger partial charge >= 0.3 is 0 Å². The molecule has 0 atom stereocenters. The molecule has 2 aliphatic carbocycles. The molecule has 11 heteroatoms. The molecule has 0 bridgehead atoms. The van der Waals surface area contributed by atoms with Gasteiger partial charge in [-0.2, -0.15) is 9.13 Å². The molecule has 0 radical (unpaired) electrons. The van der Waals surface area contributed by atoms with E-state index in [4.69, 9.17) is 1.37 Å². The number of nitrogens with zero attached hydrogens (tertiary/aromatic N) is 4. The summed E-state index contributed by atoms with van der Waals surface area (Å²) in [6.07, 6.45) is 10.4. The van der Waals surface area contributed by atoms with E-state index in [9.17, 15) is 23.6 Å². The maximum atomic E-state index is 12.3. The first kappa shape index (κ1) is 33.1. The van der Waals surface area contributed by atoms with Gasteiger partial charge in [-0.15, -0.1) is 0 Å². The zero-order valence-corrected chi connectivity index (χ0v) is 27.6. The van der Waals surface area contributed by atoms with Crippen LogP contribution >= 0.6 is 31.9 Å². The first-order valence-corrected chi connectivity index (χ1v) is 16.1. The van der Waals surface area contributed by atoms with Crippen LogP contribution in [-0.2, 0) is 13.6 Å². The molecule has 0 spiro atoms. The zero-order chi connectivity index (χ0) is 32.9. The number of pyridine rings is 4. The summed E-state index contributed by atoms with van der Waals surface area (Å²) in [4.78, 5) is 56.4. The molecule has 0 unspecified atom stereocenters. The number of aromatic nitrogens is 4. The topological polar surface area (TPSA) is 102 Å². The summed E-state index contributed by atoms with van der Waals surface area (Å²) >= 11 is 6.56. The van der Waals surface area contributed by atoms with E-state index in [2.05, 4.69) is 53.3 Å². The van der Waals surface area contributed by atoms with E-state index in [1.165, 1.54) is 6.42 Å². The SMILES string of the molecule is BrCCCBr.CCCC[n+]1cccc2c1-c1c(ccc[n+]1C)C(=O)C2=O.O=C1C(=O)c2cccnc2-c2ncccc21.[2H]CF. The Kier molecular flexibility index (Phi) is 12.7. The molecule has 228 valence electrons. The van der Waals surface area contributed by atoms with Crippen LogP contribution in [0.4, 0.5) is 4.39 Å². The Bertz CT molecular complexity index is 1650. The van der Waals surface area contributed by atoms with Gasteiger partial charge in [0, 0.05) is 41.6 Å². The predicted octanol–water partition coefficient (Wildman–Crippen LogP) is 5.92.